The molecule has 0 spiro atoms. The number of para-hydroxylation sites is 1. The maximum Gasteiger partial charge on any atom is 0.241 e. The van der Waals surface area contributed by atoms with Crippen molar-refractivity contribution >= 4 is 40.3 Å². The van der Waals surface area contributed by atoms with Crippen LogP contribution in [0.3, 0.4) is 0 Å². The van der Waals surface area contributed by atoms with Crippen LogP contribution in [-0.4, -0.2) is 17.6 Å². The number of ketones is 1. The standard InChI is InChI=1S/C25H23N3O3/c1-14-6-4-8-18(16(14)3)25(31)17-10-11-20(19(26)12-17)28-21-9-5-7-15(2)24(21)27-22(29)13-23(28)30/h4-12H,13,26H2,1-3H3,(H,27,29). The summed E-state index contributed by atoms with van der Waals surface area (Å²) in [5.74, 6) is -0.889. The third-order valence-corrected chi connectivity index (χ3v) is 5.70. The molecular formula is C25H23N3O3. The highest BCUT2D eigenvalue weighted by molar-refractivity contribution is 6.19. The molecule has 3 aromatic carbocycles. The molecule has 1 heterocycles. The van der Waals surface area contributed by atoms with Gasteiger partial charge in [0.05, 0.1) is 22.7 Å². The minimum Gasteiger partial charge on any atom is -0.397 e. The molecule has 0 saturated carbocycles. The second kappa shape index (κ2) is 7.72. The van der Waals surface area contributed by atoms with Gasteiger partial charge in [0.25, 0.3) is 0 Å². The van der Waals surface area contributed by atoms with E-state index in [1.165, 1.54) is 4.90 Å². The number of fused-ring (bicyclic) bond motifs is 1. The van der Waals surface area contributed by atoms with Gasteiger partial charge in [-0.25, -0.2) is 0 Å². The Morgan fingerprint density at radius 3 is 2.39 bits per heavy atom. The van der Waals surface area contributed by atoms with Gasteiger partial charge in [-0.15, -0.1) is 0 Å². The van der Waals surface area contributed by atoms with E-state index in [2.05, 4.69) is 5.32 Å². The third kappa shape index (κ3) is 3.57. The third-order valence-electron chi connectivity index (χ3n) is 5.70. The number of nitrogens with one attached hydrogen (secondary N) is 1. The summed E-state index contributed by atoms with van der Waals surface area (Å²) in [6, 6.07) is 16.0. The molecule has 0 aliphatic carbocycles. The number of nitrogen functional groups attached to an aromatic ring is 1. The van der Waals surface area contributed by atoms with E-state index < -0.39 is 0 Å². The molecule has 1 aliphatic rings. The maximum absolute atomic E-state index is 13.1. The van der Waals surface area contributed by atoms with Gasteiger partial charge in [-0.2, -0.15) is 0 Å². The van der Waals surface area contributed by atoms with Crippen molar-refractivity contribution in [2.75, 3.05) is 16.0 Å². The predicted molar refractivity (Wildman–Crippen MR) is 122 cm³/mol. The molecule has 0 unspecified atom stereocenters. The van der Waals surface area contributed by atoms with Crippen LogP contribution in [0.1, 0.15) is 39.0 Å². The Balaban J connectivity index is 1.79. The van der Waals surface area contributed by atoms with Crippen LogP contribution in [-0.2, 0) is 9.59 Å². The SMILES string of the molecule is Cc1cccc(C(=O)c2ccc(N3C(=O)CC(=O)Nc4c(C)cccc43)c(N)c2)c1C. The van der Waals surface area contributed by atoms with Crippen LogP contribution in [0.4, 0.5) is 22.7 Å². The van der Waals surface area contributed by atoms with Gasteiger partial charge < -0.3 is 11.1 Å². The molecule has 31 heavy (non-hydrogen) atoms. The Morgan fingerprint density at radius 2 is 1.65 bits per heavy atom. The Labute approximate surface area is 180 Å². The van der Waals surface area contributed by atoms with Crippen molar-refractivity contribution in [1.82, 2.24) is 0 Å². The van der Waals surface area contributed by atoms with Gasteiger partial charge in [-0.3, -0.25) is 19.3 Å². The monoisotopic (exact) mass is 413 g/mol. The van der Waals surface area contributed by atoms with E-state index in [1.54, 1.807) is 30.3 Å². The first-order valence-corrected chi connectivity index (χ1v) is 10.0. The summed E-state index contributed by atoms with van der Waals surface area (Å²) in [5, 5.41) is 2.81. The molecule has 0 fully saturated rings. The van der Waals surface area contributed by atoms with Crippen LogP contribution in [0.2, 0.25) is 0 Å². The molecule has 6 heteroatoms. The van der Waals surface area contributed by atoms with Crippen molar-refractivity contribution in [3.63, 3.8) is 0 Å². The van der Waals surface area contributed by atoms with Crippen LogP contribution in [0.25, 0.3) is 0 Å². The topological polar surface area (TPSA) is 92.5 Å². The van der Waals surface area contributed by atoms with Crippen LogP contribution in [0, 0.1) is 20.8 Å². The smallest absolute Gasteiger partial charge is 0.241 e. The van der Waals surface area contributed by atoms with Crippen molar-refractivity contribution in [3.8, 4) is 0 Å². The summed E-state index contributed by atoms with van der Waals surface area (Å²) in [6.45, 7) is 5.74. The number of nitrogens with two attached hydrogens (primary N) is 1. The molecule has 0 saturated heterocycles. The molecule has 3 aromatic rings. The van der Waals surface area contributed by atoms with Gasteiger partial charge in [0.1, 0.15) is 6.42 Å². The van der Waals surface area contributed by atoms with E-state index in [-0.39, 0.29) is 29.7 Å². The zero-order valence-electron chi connectivity index (χ0n) is 17.7. The summed E-state index contributed by atoms with van der Waals surface area (Å²) in [4.78, 5) is 39.6. The second-order valence-corrected chi connectivity index (χ2v) is 7.77. The molecule has 0 atom stereocenters. The average Bonchev–Trinajstić information content (AvgIpc) is 2.85. The predicted octanol–water partition coefficient (Wildman–Crippen LogP) is 4.43. The van der Waals surface area contributed by atoms with Gasteiger partial charge in [0.2, 0.25) is 11.8 Å². The Bertz CT molecular complexity index is 1250. The number of hydrogen-bond donors (Lipinski definition) is 2. The first kappa shape index (κ1) is 20.3. The molecule has 156 valence electrons. The number of rotatable bonds is 3. The quantitative estimate of drug-likeness (QED) is 0.377. The van der Waals surface area contributed by atoms with E-state index in [0.29, 0.717) is 28.2 Å². The van der Waals surface area contributed by atoms with Crippen LogP contribution < -0.4 is 16.0 Å². The maximum atomic E-state index is 13.1. The molecule has 0 bridgehead atoms. The summed E-state index contributed by atoms with van der Waals surface area (Å²) in [5.41, 5.74) is 12.0. The van der Waals surface area contributed by atoms with E-state index in [0.717, 1.165) is 16.7 Å². The Hall–Kier alpha value is -3.93. The van der Waals surface area contributed by atoms with Crippen LogP contribution in [0.15, 0.2) is 54.6 Å². The Kier molecular flexibility index (Phi) is 5.07. The van der Waals surface area contributed by atoms with Crippen LogP contribution >= 0.6 is 0 Å². The van der Waals surface area contributed by atoms with Crippen molar-refractivity contribution in [3.05, 3.63) is 82.4 Å². The fourth-order valence-electron chi connectivity index (χ4n) is 3.85. The number of amides is 2. The van der Waals surface area contributed by atoms with Crippen molar-refractivity contribution in [2.24, 2.45) is 0 Å². The molecule has 1 aliphatic heterocycles. The largest absolute Gasteiger partial charge is 0.397 e. The van der Waals surface area contributed by atoms with E-state index >= 15 is 0 Å². The summed E-state index contributed by atoms with van der Waals surface area (Å²) in [6.07, 6.45) is -0.295. The highest BCUT2D eigenvalue weighted by Gasteiger charge is 2.29. The molecule has 0 aromatic heterocycles. The molecule has 3 N–H and O–H groups in total. The minimum absolute atomic E-state index is 0.130. The molecule has 4 rings (SSSR count). The molecular weight excluding hydrogens is 390 g/mol. The fraction of sp³-hybridized carbons (Fsp3) is 0.160. The van der Waals surface area contributed by atoms with Crippen molar-refractivity contribution < 1.29 is 14.4 Å². The zero-order chi connectivity index (χ0) is 22.3. The van der Waals surface area contributed by atoms with Gasteiger partial charge in [0, 0.05) is 11.1 Å². The fourth-order valence-corrected chi connectivity index (χ4v) is 3.85. The summed E-state index contributed by atoms with van der Waals surface area (Å²) in [7, 11) is 0. The van der Waals surface area contributed by atoms with Crippen LogP contribution in [0.5, 0.6) is 0 Å². The highest BCUT2D eigenvalue weighted by Crippen LogP contribution is 2.39. The number of nitrogens with zero attached hydrogens (tertiary/aromatic N) is 1. The lowest BCUT2D eigenvalue weighted by molar-refractivity contribution is -0.124. The average molecular weight is 413 g/mol. The van der Waals surface area contributed by atoms with E-state index in [1.807, 2.05) is 45.0 Å². The first-order chi connectivity index (χ1) is 14.8. The van der Waals surface area contributed by atoms with Crippen molar-refractivity contribution in [2.45, 2.75) is 27.2 Å². The lowest BCUT2D eigenvalue weighted by Gasteiger charge is -2.25. The summed E-state index contributed by atoms with van der Waals surface area (Å²) >= 11 is 0. The van der Waals surface area contributed by atoms with E-state index in [4.69, 9.17) is 5.73 Å². The van der Waals surface area contributed by atoms with E-state index in [9.17, 15) is 14.4 Å². The lowest BCUT2D eigenvalue weighted by atomic mass is 9.95. The zero-order valence-corrected chi connectivity index (χ0v) is 17.7. The van der Waals surface area contributed by atoms with Gasteiger partial charge in [0.15, 0.2) is 5.78 Å². The molecule has 0 radical (unpaired) electrons. The second-order valence-electron chi connectivity index (χ2n) is 7.77. The number of aryl methyl sites for hydroxylation is 2. The lowest BCUT2D eigenvalue weighted by Crippen LogP contribution is -2.27. The Morgan fingerprint density at radius 1 is 0.935 bits per heavy atom. The summed E-state index contributed by atoms with van der Waals surface area (Å²) < 4.78 is 0. The van der Waals surface area contributed by atoms with Gasteiger partial charge in [-0.1, -0.05) is 30.3 Å². The first-order valence-electron chi connectivity index (χ1n) is 10.0. The van der Waals surface area contributed by atoms with Gasteiger partial charge in [-0.05, 0) is 61.7 Å². The number of benzene rings is 3. The molecule has 6 nitrogen and oxygen atoms in total. The molecule has 2 amide bonds. The number of carbonyl (C=O) groups is 3. The minimum atomic E-state index is -0.387. The highest BCUT2D eigenvalue weighted by atomic mass is 16.2. The van der Waals surface area contributed by atoms with Gasteiger partial charge >= 0.3 is 0 Å². The number of carbonyl (C=O) groups excluding carboxylic acids is 3. The number of hydrogen-bond acceptors (Lipinski definition) is 4. The van der Waals surface area contributed by atoms with Crippen molar-refractivity contribution in [1.29, 1.82) is 0 Å². The number of anilines is 4. The normalized spacial score (nSPS) is 13.5.